The molecule has 2 aliphatic rings. The summed E-state index contributed by atoms with van der Waals surface area (Å²) in [7, 11) is 1.26. The topological polar surface area (TPSA) is 303 Å². The second kappa shape index (κ2) is 38.4. The number of methoxy groups -OCH3 is 2. The zero-order chi connectivity index (χ0) is 73.4. The van der Waals surface area contributed by atoms with Gasteiger partial charge in [0, 0.05) is 91.8 Å². The number of nitrogens with two attached hydrogens (primary N) is 1. The van der Waals surface area contributed by atoms with E-state index in [4.69, 9.17) is 62.5 Å². The highest BCUT2D eigenvalue weighted by Crippen LogP contribution is 2.48. The van der Waals surface area contributed by atoms with Crippen molar-refractivity contribution in [3.8, 4) is 34.0 Å². The Labute approximate surface area is 587 Å². The molecule has 0 atom stereocenters. The lowest BCUT2D eigenvalue weighted by molar-refractivity contribution is -0.192. The Balaban J connectivity index is 0.000000317. The summed E-state index contributed by atoms with van der Waals surface area (Å²) in [4.78, 5) is 71.0. The lowest BCUT2D eigenvalue weighted by Gasteiger charge is -2.24. The number of unbranched alkanes of at least 4 members (excludes halogenated alkanes) is 3. The molecule has 0 spiro atoms. The normalized spacial score (nSPS) is 13.8. The van der Waals surface area contributed by atoms with E-state index in [-0.39, 0.29) is 55.2 Å². The number of ether oxygens (including phenoxy) is 5. The van der Waals surface area contributed by atoms with Crippen molar-refractivity contribution < 1.29 is 87.6 Å². The number of hydrogen-bond donors (Lipinski definition) is 4. The van der Waals surface area contributed by atoms with Gasteiger partial charge in [0.25, 0.3) is 11.8 Å². The lowest BCUT2D eigenvalue weighted by atomic mass is 9.81. The van der Waals surface area contributed by atoms with Gasteiger partial charge >= 0.3 is 50.5 Å². The standard InChI is InChI=1S/C36H49N3O8S.C30H40N4O6S.C2HF3O2.CH2Cl2/c1-36(2,3)47-31(40)19-11-8-14-22-38(4)48(43,44)37-35(42)26-20-21-27-29(23-26)39(5)34(33(27)25-15-9-7-10-16-25)28-17-12-13-18-30(28)46-24-32(41)45-6;1-33(18-10-9-17-31)41(37,38)32-30(36)22-15-16-23-25(19-22)34(2)29(28(23)21-11-5-4-6-12-21)24-13-7-8-14-26(24)40-20-27(35)39-3;3-2(4,5)1(6)7;2-1-3/h12-13,17-18,20-21,23,25H,7-11,14-16,19,22,24H2,1-6H3,(H,37,42);7-8,13-16,19,21H,4-6,9-12,17-18,20,31H2,1-3H3,(H,32,36);(H,6,7);1H2. The number of carboxylic acid groups (broad SMARTS) is 1. The number of rotatable bonds is 26. The average molecular weight is 1470 g/mol. The van der Waals surface area contributed by atoms with Crippen LogP contribution in [0.4, 0.5) is 13.2 Å². The number of fused-ring (bicyclic) bond motifs is 2. The number of para-hydroxylation sites is 2. The van der Waals surface area contributed by atoms with Crippen LogP contribution >= 0.6 is 23.2 Å². The number of amides is 2. The molecule has 4 aromatic carbocycles. The number of nitrogens with zero attached hydrogens (tertiary/aromatic N) is 4. The van der Waals surface area contributed by atoms with Gasteiger partial charge in [0.05, 0.1) is 30.9 Å². The van der Waals surface area contributed by atoms with Gasteiger partial charge in [-0.2, -0.15) is 38.6 Å². The molecule has 546 valence electrons. The zero-order valence-corrected chi connectivity index (χ0v) is 60.6. The quantitative estimate of drug-likeness (QED) is 0.0170. The molecule has 2 fully saturated rings. The third-order valence-electron chi connectivity index (χ3n) is 16.7. The summed E-state index contributed by atoms with van der Waals surface area (Å²) in [6, 6.07) is 25.7. The minimum Gasteiger partial charge on any atom is -0.481 e. The molecule has 2 heterocycles. The van der Waals surface area contributed by atoms with Crippen molar-refractivity contribution in [3.63, 3.8) is 0 Å². The lowest BCUT2D eigenvalue weighted by Crippen LogP contribution is -2.41. The first kappa shape index (κ1) is 82.2. The average Bonchev–Trinajstić information content (AvgIpc) is 1.60. The third-order valence-corrected chi connectivity index (χ3v) is 19.6. The van der Waals surface area contributed by atoms with E-state index in [0.717, 1.165) is 110 Å². The van der Waals surface area contributed by atoms with Crippen LogP contribution in [0.25, 0.3) is 44.3 Å². The molecule has 2 aromatic heterocycles. The fourth-order valence-corrected chi connectivity index (χ4v) is 13.6. The highest BCUT2D eigenvalue weighted by molar-refractivity contribution is 7.88. The molecule has 5 N–H and O–H groups in total. The van der Waals surface area contributed by atoms with Crippen molar-refractivity contribution >= 4 is 101 Å². The Morgan fingerprint density at radius 2 is 0.970 bits per heavy atom. The number of carboxylic acids is 1. The summed E-state index contributed by atoms with van der Waals surface area (Å²) >= 11 is 9.53. The smallest absolute Gasteiger partial charge is 0.481 e. The van der Waals surface area contributed by atoms with Gasteiger partial charge in [0.15, 0.2) is 13.2 Å². The van der Waals surface area contributed by atoms with E-state index in [1.54, 1.807) is 24.3 Å². The van der Waals surface area contributed by atoms with Gasteiger partial charge in [0.2, 0.25) is 0 Å². The molecule has 99 heavy (non-hydrogen) atoms. The van der Waals surface area contributed by atoms with Crippen molar-refractivity contribution in [3.05, 3.63) is 107 Å². The Morgan fingerprint density at radius 1 is 0.596 bits per heavy atom. The molecule has 2 aliphatic carbocycles. The van der Waals surface area contributed by atoms with Crippen LogP contribution in [-0.2, 0) is 67.9 Å². The van der Waals surface area contributed by atoms with E-state index in [1.807, 2.05) is 105 Å². The molecule has 23 nitrogen and oxygen atoms in total. The van der Waals surface area contributed by atoms with Gasteiger partial charge < -0.3 is 43.7 Å². The molecule has 0 aliphatic heterocycles. The number of alkyl halides is 5. The second-order valence-corrected chi connectivity index (χ2v) is 29.2. The summed E-state index contributed by atoms with van der Waals surface area (Å²) in [5.41, 5.74) is 12.9. The molecule has 6 aromatic rings. The van der Waals surface area contributed by atoms with E-state index in [2.05, 4.69) is 9.44 Å². The SMILES string of the molecule is COC(=O)COc1ccccc1-c1c(C2CCCCC2)c2ccc(C(=O)NS(=O)(=O)N(C)CCCCCC(=O)OC(C)(C)C)cc2n1C.COC(=O)COc1ccccc1-c1c(C2CCCCC2)c2ccc(C(=O)NS(=O)(=O)N(C)CCCCN)cc2n1C.ClCCl.O=C(O)C(F)(F)F. The number of carbonyl (C=O) groups excluding carboxylic acids is 5. The van der Waals surface area contributed by atoms with Crippen molar-refractivity contribution in [2.75, 3.05) is 66.5 Å². The summed E-state index contributed by atoms with van der Waals surface area (Å²) in [5, 5.41) is 9.32. The fourth-order valence-electron chi connectivity index (χ4n) is 11.8. The Hall–Kier alpha value is -7.47. The van der Waals surface area contributed by atoms with Gasteiger partial charge in [0.1, 0.15) is 17.1 Å². The molecule has 0 unspecified atom stereocenters. The number of carbonyl (C=O) groups is 6. The largest absolute Gasteiger partial charge is 0.490 e. The summed E-state index contributed by atoms with van der Waals surface area (Å²) in [5.74, 6) is -3.69. The van der Waals surface area contributed by atoms with Gasteiger partial charge in [-0.05, 0) is 150 Å². The highest BCUT2D eigenvalue weighted by Gasteiger charge is 2.38. The number of hydrogen-bond acceptors (Lipinski definition) is 16. The van der Waals surface area contributed by atoms with E-state index < -0.39 is 61.9 Å². The van der Waals surface area contributed by atoms with E-state index in [1.165, 1.54) is 46.7 Å². The van der Waals surface area contributed by atoms with Crippen LogP contribution in [0, 0.1) is 0 Å². The maximum Gasteiger partial charge on any atom is 0.490 e. The first-order chi connectivity index (χ1) is 46.7. The summed E-state index contributed by atoms with van der Waals surface area (Å²) < 4.78 is 121. The van der Waals surface area contributed by atoms with Crippen LogP contribution in [0.5, 0.6) is 11.5 Å². The van der Waals surface area contributed by atoms with Crippen molar-refractivity contribution in [1.82, 2.24) is 27.2 Å². The maximum atomic E-state index is 13.3. The molecule has 0 saturated heterocycles. The number of halogens is 5. The van der Waals surface area contributed by atoms with E-state index in [9.17, 15) is 54.0 Å². The Morgan fingerprint density at radius 3 is 1.32 bits per heavy atom. The first-order valence-electron chi connectivity index (χ1n) is 32.5. The van der Waals surface area contributed by atoms with Crippen molar-refractivity contribution in [1.29, 1.82) is 0 Å². The summed E-state index contributed by atoms with van der Waals surface area (Å²) in [6.07, 6.45) is 9.31. The molecule has 0 radical (unpaired) electrons. The molecule has 8 rings (SSSR count). The predicted octanol–water partition coefficient (Wildman–Crippen LogP) is 12.4. The van der Waals surface area contributed by atoms with Crippen LogP contribution in [0.2, 0.25) is 0 Å². The molecule has 2 saturated carbocycles. The van der Waals surface area contributed by atoms with Gasteiger partial charge in [-0.3, -0.25) is 14.4 Å². The third kappa shape index (κ3) is 23.8. The minimum absolute atomic E-state index is 0.194. The van der Waals surface area contributed by atoms with E-state index >= 15 is 0 Å². The molecular weight excluding hydrogens is 1370 g/mol. The van der Waals surface area contributed by atoms with Crippen LogP contribution in [-0.4, -0.2) is 154 Å². The maximum absolute atomic E-state index is 13.3. The fraction of sp³-hybridized carbons (Fsp3) is 0.507. The first-order valence-corrected chi connectivity index (χ1v) is 36.4. The van der Waals surface area contributed by atoms with Crippen molar-refractivity contribution in [2.24, 2.45) is 19.8 Å². The molecular formula is C69H92Cl2F3N7O16S2. The van der Waals surface area contributed by atoms with Crippen LogP contribution in [0.1, 0.15) is 167 Å². The number of aromatic nitrogens is 2. The van der Waals surface area contributed by atoms with E-state index in [0.29, 0.717) is 62.0 Å². The van der Waals surface area contributed by atoms with Crippen LogP contribution in [0.3, 0.4) is 0 Å². The number of benzene rings is 4. The zero-order valence-electron chi connectivity index (χ0n) is 57.4. The van der Waals surface area contributed by atoms with Gasteiger partial charge in [-0.1, -0.05) is 81.3 Å². The minimum atomic E-state index is -5.08. The molecule has 0 bridgehead atoms. The second-order valence-electron chi connectivity index (χ2n) is 24.8. The van der Waals surface area contributed by atoms with Crippen LogP contribution < -0.4 is 24.7 Å². The Kier molecular flexibility index (Phi) is 31.9. The Bertz CT molecular complexity index is 3960. The monoisotopic (exact) mass is 1470 g/mol. The summed E-state index contributed by atoms with van der Waals surface area (Å²) in [6.45, 7) is 5.94. The number of aliphatic carboxylic acids is 1. The number of aryl methyl sites for hydroxylation is 2. The van der Waals surface area contributed by atoms with Crippen molar-refractivity contribution in [2.45, 2.75) is 147 Å². The highest BCUT2D eigenvalue weighted by atomic mass is 35.5. The predicted molar refractivity (Wildman–Crippen MR) is 374 cm³/mol. The van der Waals surface area contributed by atoms with Crippen LogP contribution in [0.15, 0.2) is 84.9 Å². The van der Waals surface area contributed by atoms with Gasteiger partial charge in [-0.15, -0.1) is 23.2 Å². The molecule has 2 amide bonds. The number of esters is 3. The molecule has 30 heteroatoms. The number of nitrogens with one attached hydrogen (secondary N) is 2. The van der Waals surface area contributed by atoms with Gasteiger partial charge in [-0.25, -0.2) is 23.8 Å².